The molecule has 0 bridgehead atoms. The molecule has 0 spiro atoms. The third-order valence-electron chi connectivity index (χ3n) is 3.89. The fourth-order valence-electron chi connectivity index (χ4n) is 2.84. The molecule has 4 nitrogen and oxygen atoms in total. The van der Waals surface area contributed by atoms with Crippen molar-refractivity contribution in [3.05, 3.63) is 14.5 Å². The Morgan fingerprint density at radius 2 is 2.45 bits per heavy atom. The van der Waals surface area contributed by atoms with Crippen LogP contribution in [0.2, 0.25) is 0 Å². The SMILES string of the molecule is Cc1[nH]c(=S)sc1CC(=O)N1CCS[C@H]2COCC[C@@H]21. The third kappa shape index (κ3) is 2.95. The van der Waals surface area contributed by atoms with Gasteiger partial charge in [0.15, 0.2) is 3.95 Å². The van der Waals surface area contributed by atoms with Gasteiger partial charge in [0.25, 0.3) is 0 Å². The van der Waals surface area contributed by atoms with E-state index in [4.69, 9.17) is 17.0 Å². The Morgan fingerprint density at radius 1 is 1.60 bits per heavy atom. The number of amides is 1. The quantitative estimate of drug-likeness (QED) is 0.846. The van der Waals surface area contributed by atoms with Crippen molar-refractivity contribution < 1.29 is 9.53 Å². The lowest BCUT2D eigenvalue weighted by atomic mass is 10.1. The first-order valence-corrected chi connectivity index (χ1v) is 9.10. The first kappa shape index (κ1) is 14.6. The fraction of sp³-hybridized carbons (Fsp3) is 0.692. The van der Waals surface area contributed by atoms with E-state index in [1.165, 1.54) is 11.3 Å². The molecule has 7 heteroatoms. The number of hydrogen-bond donors (Lipinski definition) is 1. The average Bonchev–Trinajstić information content (AvgIpc) is 2.76. The summed E-state index contributed by atoms with van der Waals surface area (Å²) in [6, 6.07) is 0.349. The Labute approximate surface area is 131 Å². The number of carbonyl (C=O) groups excluding carboxylic acids is 1. The Morgan fingerprint density at radius 3 is 3.20 bits per heavy atom. The molecule has 0 aromatic carbocycles. The van der Waals surface area contributed by atoms with E-state index < -0.39 is 0 Å². The van der Waals surface area contributed by atoms with Crippen molar-refractivity contribution in [2.24, 2.45) is 0 Å². The standard InChI is InChI=1S/C13H18N2O2S3/c1-8-10(20-13(18)14-8)6-12(16)15-3-5-19-11-7-17-4-2-9(11)15/h9,11H,2-7H2,1H3,(H,14,18)/t9-,11-/m0/s1. The summed E-state index contributed by atoms with van der Waals surface area (Å²) >= 11 is 8.60. The van der Waals surface area contributed by atoms with Crippen LogP contribution in [-0.2, 0) is 16.0 Å². The number of nitrogens with zero attached hydrogens (tertiary/aromatic N) is 1. The Hall–Kier alpha value is -0.370. The molecule has 0 radical (unpaired) electrons. The van der Waals surface area contributed by atoms with Gasteiger partial charge >= 0.3 is 0 Å². The molecule has 3 heterocycles. The van der Waals surface area contributed by atoms with Crippen molar-refractivity contribution in [3.8, 4) is 0 Å². The van der Waals surface area contributed by atoms with E-state index in [0.717, 1.165) is 46.5 Å². The minimum Gasteiger partial charge on any atom is -0.380 e. The summed E-state index contributed by atoms with van der Waals surface area (Å²) in [6.45, 7) is 4.40. The van der Waals surface area contributed by atoms with Crippen molar-refractivity contribution in [1.82, 2.24) is 9.88 Å². The van der Waals surface area contributed by atoms with Crippen LogP contribution < -0.4 is 0 Å². The monoisotopic (exact) mass is 330 g/mol. The summed E-state index contributed by atoms with van der Waals surface area (Å²) in [5.74, 6) is 1.24. The first-order valence-electron chi connectivity index (χ1n) is 6.82. The maximum atomic E-state index is 12.6. The lowest BCUT2D eigenvalue weighted by molar-refractivity contribution is -0.134. The van der Waals surface area contributed by atoms with E-state index in [-0.39, 0.29) is 5.91 Å². The maximum absolute atomic E-state index is 12.6. The average molecular weight is 331 g/mol. The summed E-state index contributed by atoms with van der Waals surface area (Å²) in [5, 5.41) is 0.451. The van der Waals surface area contributed by atoms with Crippen molar-refractivity contribution in [2.75, 3.05) is 25.5 Å². The molecule has 1 N–H and O–H groups in total. The molecular weight excluding hydrogens is 312 g/mol. The number of nitrogens with one attached hydrogen (secondary N) is 1. The minimum absolute atomic E-state index is 0.232. The highest BCUT2D eigenvalue weighted by molar-refractivity contribution is 8.00. The smallest absolute Gasteiger partial charge is 0.228 e. The number of aromatic amines is 1. The highest BCUT2D eigenvalue weighted by atomic mass is 32.2. The molecule has 1 aromatic rings. The van der Waals surface area contributed by atoms with Crippen molar-refractivity contribution in [2.45, 2.75) is 31.1 Å². The number of ether oxygens (including phenoxy) is 1. The summed E-state index contributed by atoms with van der Waals surface area (Å²) in [7, 11) is 0. The van der Waals surface area contributed by atoms with E-state index in [2.05, 4.69) is 9.88 Å². The molecule has 110 valence electrons. The lowest BCUT2D eigenvalue weighted by Gasteiger charge is -2.43. The Balaban J connectivity index is 1.72. The molecule has 0 aliphatic carbocycles. The van der Waals surface area contributed by atoms with E-state index in [9.17, 15) is 4.79 Å². The molecule has 2 aliphatic heterocycles. The first-order chi connectivity index (χ1) is 9.65. The van der Waals surface area contributed by atoms with Gasteiger partial charge in [-0.3, -0.25) is 4.79 Å². The Kier molecular flexibility index (Phi) is 4.49. The molecule has 0 unspecified atom stereocenters. The third-order valence-corrected chi connectivity index (χ3v) is 6.52. The number of thiazole rings is 1. The van der Waals surface area contributed by atoms with Gasteiger partial charge in [0, 0.05) is 40.8 Å². The van der Waals surface area contributed by atoms with Crippen LogP contribution in [0, 0.1) is 10.9 Å². The number of hydrogen-bond acceptors (Lipinski definition) is 5. The van der Waals surface area contributed by atoms with Crippen LogP contribution in [0.15, 0.2) is 0 Å². The van der Waals surface area contributed by atoms with Crippen LogP contribution in [0.1, 0.15) is 17.0 Å². The number of carbonyl (C=O) groups is 1. The zero-order valence-electron chi connectivity index (χ0n) is 11.4. The lowest BCUT2D eigenvalue weighted by Crippen LogP contribution is -2.54. The van der Waals surface area contributed by atoms with Gasteiger partial charge in [-0.2, -0.15) is 11.8 Å². The molecule has 1 aromatic heterocycles. The topological polar surface area (TPSA) is 45.3 Å². The zero-order valence-corrected chi connectivity index (χ0v) is 13.8. The van der Waals surface area contributed by atoms with Crippen molar-refractivity contribution in [1.29, 1.82) is 0 Å². The van der Waals surface area contributed by atoms with Crippen LogP contribution in [0.25, 0.3) is 0 Å². The van der Waals surface area contributed by atoms with Crippen LogP contribution in [0.4, 0.5) is 0 Å². The fourth-order valence-corrected chi connectivity index (χ4v) is 5.42. The minimum atomic E-state index is 0.232. The Bertz CT molecular complexity index is 552. The maximum Gasteiger partial charge on any atom is 0.228 e. The molecule has 3 rings (SSSR count). The van der Waals surface area contributed by atoms with E-state index in [1.54, 1.807) is 0 Å². The van der Waals surface area contributed by atoms with Gasteiger partial charge in [-0.1, -0.05) is 0 Å². The van der Waals surface area contributed by atoms with Crippen molar-refractivity contribution >= 4 is 41.2 Å². The summed E-state index contributed by atoms with van der Waals surface area (Å²) in [6.07, 6.45) is 1.43. The zero-order chi connectivity index (χ0) is 14.1. The molecule has 0 saturated carbocycles. The van der Waals surface area contributed by atoms with Gasteiger partial charge in [-0.05, 0) is 25.6 Å². The second kappa shape index (κ2) is 6.17. The molecule has 2 aliphatic rings. The molecule has 1 amide bonds. The number of thioether (sulfide) groups is 1. The predicted octanol–water partition coefficient (Wildman–Crippen LogP) is 2.39. The molecule has 2 fully saturated rings. The molecule has 2 atom stereocenters. The van der Waals surface area contributed by atoms with Gasteiger partial charge in [0.1, 0.15) is 0 Å². The molecule has 2 saturated heterocycles. The van der Waals surface area contributed by atoms with Crippen LogP contribution in [-0.4, -0.2) is 52.6 Å². The largest absolute Gasteiger partial charge is 0.380 e. The van der Waals surface area contributed by atoms with Gasteiger partial charge in [0.05, 0.1) is 13.0 Å². The number of aromatic nitrogens is 1. The van der Waals surface area contributed by atoms with Gasteiger partial charge < -0.3 is 14.6 Å². The second-order valence-corrected chi connectivity index (χ2v) is 8.29. The summed E-state index contributed by atoms with van der Waals surface area (Å²) in [5.41, 5.74) is 1.03. The molecule has 20 heavy (non-hydrogen) atoms. The van der Waals surface area contributed by atoms with Gasteiger partial charge in [-0.15, -0.1) is 11.3 Å². The summed E-state index contributed by atoms with van der Waals surface area (Å²) < 4.78 is 6.29. The van der Waals surface area contributed by atoms with Crippen molar-refractivity contribution in [3.63, 3.8) is 0 Å². The van der Waals surface area contributed by atoms with E-state index >= 15 is 0 Å². The normalized spacial score (nSPS) is 26.4. The highest BCUT2D eigenvalue weighted by Crippen LogP contribution is 2.31. The van der Waals surface area contributed by atoms with Gasteiger partial charge in [-0.25, -0.2) is 0 Å². The molecular formula is C13H18N2O2S3. The van der Waals surface area contributed by atoms with Crippen LogP contribution in [0.3, 0.4) is 0 Å². The number of fused-ring (bicyclic) bond motifs is 1. The van der Waals surface area contributed by atoms with Crippen LogP contribution in [0.5, 0.6) is 0 Å². The van der Waals surface area contributed by atoms with E-state index in [1.807, 2.05) is 18.7 Å². The number of H-pyrrole nitrogens is 1. The van der Waals surface area contributed by atoms with E-state index in [0.29, 0.717) is 17.7 Å². The predicted molar refractivity (Wildman–Crippen MR) is 85.1 cm³/mol. The van der Waals surface area contributed by atoms with Crippen LogP contribution >= 0.6 is 35.3 Å². The number of aryl methyl sites for hydroxylation is 1. The second-order valence-electron chi connectivity index (χ2n) is 5.17. The number of rotatable bonds is 2. The summed E-state index contributed by atoms with van der Waals surface area (Å²) in [4.78, 5) is 18.9. The van der Waals surface area contributed by atoms with Gasteiger partial charge in [0.2, 0.25) is 5.91 Å². The highest BCUT2D eigenvalue weighted by Gasteiger charge is 2.36.